The van der Waals surface area contributed by atoms with E-state index in [0.717, 1.165) is 30.8 Å². The van der Waals surface area contributed by atoms with Crippen molar-refractivity contribution in [2.24, 2.45) is 0 Å². The van der Waals surface area contributed by atoms with E-state index in [-0.39, 0.29) is 18.2 Å². The van der Waals surface area contributed by atoms with Crippen molar-refractivity contribution in [2.75, 3.05) is 25.2 Å². The molecule has 2 bridgehead atoms. The van der Waals surface area contributed by atoms with Crippen molar-refractivity contribution in [1.82, 2.24) is 15.0 Å². The molecule has 25 heavy (non-hydrogen) atoms. The van der Waals surface area contributed by atoms with Gasteiger partial charge in [0.25, 0.3) is 0 Å². The first-order valence-electron chi connectivity index (χ1n) is 8.60. The van der Waals surface area contributed by atoms with Crippen LogP contribution in [-0.2, 0) is 16.1 Å². The molecule has 2 fully saturated rings. The zero-order valence-electron chi connectivity index (χ0n) is 14.2. The minimum Gasteiger partial charge on any atom is -0.481 e. The summed E-state index contributed by atoms with van der Waals surface area (Å²) in [7, 11) is 1.61. The lowest BCUT2D eigenvalue weighted by atomic mass is 10.1. The molecule has 7 heteroatoms. The molecular formula is C18H22N4O3. The number of hydrogen-bond donors (Lipinski definition) is 0. The fourth-order valence-electron chi connectivity index (χ4n) is 3.67. The molecule has 0 amide bonds. The van der Waals surface area contributed by atoms with Crippen LogP contribution in [0.2, 0.25) is 0 Å². The molecule has 0 radical (unpaired) electrons. The van der Waals surface area contributed by atoms with E-state index in [2.05, 4.69) is 19.9 Å². The SMILES string of the molecule is COc1cc(N2CCO[C@H]3CC[C@H]2[C@@H]3OCc2cccnc2)ncn1. The van der Waals surface area contributed by atoms with Gasteiger partial charge in [-0.25, -0.2) is 9.97 Å². The highest BCUT2D eigenvalue weighted by Gasteiger charge is 2.43. The molecule has 2 aromatic rings. The van der Waals surface area contributed by atoms with Gasteiger partial charge in [-0.3, -0.25) is 4.98 Å². The van der Waals surface area contributed by atoms with E-state index in [0.29, 0.717) is 19.1 Å². The van der Waals surface area contributed by atoms with Gasteiger partial charge in [0.05, 0.1) is 32.5 Å². The summed E-state index contributed by atoms with van der Waals surface area (Å²) in [6.45, 7) is 1.99. The Hall–Kier alpha value is -2.25. The van der Waals surface area contributed by atoms with Crippen molar-refractivity contribution in [3.8, 4) is 5.88 Å². The van der Waals surface area contributed by atoms with Crippen molar-refractivity contribution in [1.29, 1.82) is 0 Å². The van der Waals surface area contributed by atoms with E-state index < -0.39 is 0 Å². The summed E-state index contributed by atoms with van der Waals surface area (Å²) in [5, 5.41) is 0. The molecule has 4 rings (SSSR count). The Morgan fingerprint density at radius 2 is 2.28 bits per heavy atom. The predicted molar refractivity (Wildman–Crippen MR) is 91.5 cm³/mol. The molecule has 3 atom stereocenters. The third-order valence-electron chi connectivity index (χ3n) is 4.85. The van der Waals surface area contributed by atoms with Crippen LogP contribution in [0.4, 0.5) is 5.82 Å². The largest absolute Gasteiger partial charge is 0.481 e. The van der Waals surface area contributed by atoms with Crippen LogP contribution in [0.5, 0.6) is 5.88 Å². The highest BCUT2D eigenvalue weighted by atomic mass is 16.5. The molecule has 3 heterocycles. The Balaban J connectivity index is 1.53. The first-order valence-corrected chi connectivity index (χ1v) is 8.60. The minimum absolute atomic E-state index is 0.0173. The Morgan fingerprint density at radius 3 is 3.12 bits per heavy atom. The van der Waals surface area contributed by atoms with Crippen LogP contribution in [0.1, 0.15) is 18.4 Å². The number of methoxy groups -OCH3 is 1. The lowest BCUT2D eigenvalue weighted by Crippen LogP contribution is -2.43. The molecule has 0 unspecified atom stereocenters. The monoisotopic (exact) mass is 342 g/mol. The van der Waals surface area contributed by atoms with Crippen molar-refractivity contribution >= 4 is 5.82 Å². The molecule has 0 N–H and O–H groups in total. The smallest absolute Gasteiger partial charge is 0.218 e. The van der Waals surface area contributed by atoms with Gasteiger partial charge in [0.1, 0.15) is 18.2 Å². The topological polar surface area (TPSA) is 69.6 Å². The molecule has 2 aromatic heterocycles. The fraction of sp³-hybridized carbons (Fsp3) is 0.500. The number of nitrogens with zero attached hydrogens (tertiary/aromatic N) is 4. The summed E-state index contributed by atoms with van der Waals surface area (Å²) in [4.78, 5) is 15.0. The van der Waals surface area contributed by atoms with Crippen LogP contribution in [0.15, 0.2) is 36.9 Å². The lowest BCUT2D eigenvalue weighted by molar-refractivity contribution is -0.0555. The van der Waals surface area contributed by atoms with Crippen LogP contribution in [0, 0.1) is 0 Å². The normalized spacial score (nSPS) is 25.6. The average Bonchev–Trinajstić information content (AvgIpc) is 2.96. The van der Waals surface area contributed by atoms with Gasteiger partial charge in [0, 0.05) is 25.0 Å². The van der Waals surface area contributed by atoms with Crippen LogP contribution in [-0.4, -0.2) is 53.5 Å². The number of fused-ring (bicyclic) bond motifs is 2. The standard InChI is InChI=1S/C18H22N4O3/c1-23-17-9-16(20-12-21-17)22-7-8-24-15-5-4-14(22)18(15)25-11-13-3-2-6-19-10-13/h2-3,6,9-10,12,14-15,18H,4-5,7-8,11H2,1H3/t14-,15-,18-/m0/s1. The Bertz CT molecular complexity index is 700. The van der Waals surface area contributed by atoms with E-state index in [1.54, 1.807) is 13.3 Å². The number of anilines is 1. The van der Waals surface area contributed by atoms with Gasteiger partial charge < -0.3 is 19.1 Å². The van der Waals surface area contributed by atoms with Gasteiger partial charge in [-0.2, -0.15) is 0 Å². The number of aromatic nitrogens is 3. The molecule has 2 aliphatic rings. The molecule has 1 saturated carbocycles. The van der Waals surface area contributed by atoms with Gasteiger partial charge in [0.15, 0.2) is 0 Å². The second-order valence-corrected chi connectivity index (χ2v) is 6.30. The molecule has 0 aromatic carbocycles. The highest BCUT2D eigenvalue weighted by molar-refractivity contribution is 5.43. The Kier molecular flexibility index (Phi) is 4.76. The van der Waals surface area contributed by atoms with Crippen LogP contribution < -0.4 is 9.64 Å². The van der Waals surface area contributed by atoms with Crippen molar-refractivity contribution in [3.05, 3.63) is 42.5 Å². The summed E-state index contributed by atoms with van der Waals surface area (Å²) < 4.78 is 17.6. The van der Waals surface area contributed by atoms with Crippen molar-refractivity contribution < 1.29 is 14.2 Å². The Morgan fingerprint density at radius 1 is 1.32 bits per heavy atom. The zero-order chi connectivity index (χ0) is 17.1. The Labute approximate surface area is 147 Å². The first-order chi connectivity index (χ1) is 12.3. The van der Waals surface area contributed by atoms with Gasteiger partial charge in [-0.1, -0.05) is 6.07 Å². The molecule has 1 aliphatic heterocycles. The second kappa shape index (κ2) is 7.33. The second-order valence-electron chi connectivity index (χ2n) is 6.30. The quantitative estimate of drug-likeness (QED) is 0.821. The van der Waals surface area contributed by atoms with Gasteiger partial charge >= 0.3 is 0 Å². The summed E-state index contributed by atoms with van der Waals surface area (Å²) in [5.41, 5.74) is 1.07. The maximum atomic E-state index is 6.26. The van der Waals surface area contributed by atoms with Crippen LogP contribution in [0.3, 0.4) is 0 Å². The predicted octanol–water partition coefficient (Wildman–Crippen LogP) is 1.83. The van der Waals surface area contributed by atoms with E-state index in [4.69, 9.17) is 14.2 Å². The van der Waals surface area contributed by atoms with E-state index in [1.807, 2.05) is 24.4 Å². The molecule has 1 saturated heterocycles. The average molecular weight is 342 g/mol. The molecule has 132 valence electrons. The number of ether oxygens (including phenoxy) is 3. The van der Waals surface area contributed by atoms with Crippen molar-refractivity contribution in [3.63, 3.8) is 0 Å². The van der Waals surface area contributed by atoms with Gasteiger partial charge in [-0.05, 0) is 24.5 Å². The van der Waals surface area contributed by atoms with Gasteiger partial charge in [0.2, 0.25) is 5.88 Å². The number of rotatable bonds is 5. The maximum Gasteiger partial charge on any atom is 0.218 e. The summed E-state index contributed by atoms with van der Waals surface area (Å²) in [6, 6.07) is 6.07. The number of hydrogen-bond acceptors (Lipinski definition) is 7. The maximum absolute atomic E-state index is 6.26. The zero-order valence-corrected chi connectivity index (χ0v) is 14.2. The first kappa shape index (κ1) is 16.2. The lowest BCUT2D eigenvalue weighted by Gasteiger charge is -2.32. The molecule has 0 spiro atoms. The highest BCUT2D eigenvalue weighted by Crippen LogP contribution is 2.35. The molecule has 1 aliphatic carbocycles. The van der Waals surface area contributed by atoms with E-state index in [1.165, 1.54) is 6.33 Å². The van der Waals surface area contributed by atoms with Gasteiger partial charge in [-0.15, -0.1) is 0 Å². The minimum atomic E-state index is 0.0173. The van der Waals surface area contributed by atoms with E-state index in [9.17, 15) is 0 Å². The van der Waals surface area contributed by atoms with Crippen LogP contribution in [0.25, 0.3) is 0 Å². The van der Waals surface area contributed by atoms with Crippen LogP contribution >= 0.6 is 0 Å². The molecular weight excluding hydrogens is 320 g/mol. The summed E-state index contributed by atoms with van der Waals surface area (Å²) in [5.74, 6) is 1.43. The summed E-state index contributed by atoms with van der Waals surface area (Å²) in [6.07, 6.45) is 7.32. The number of pyridine rings is 1. The van der Waals surface area contributed by atoms with Crippen molar-refractivity contribution in [2.45, 2.75) is 37.7 Å². The third-order valence-corrected chi connectivity index (χ3v) is 4.85. The molecule has 7 nitrogen and oxygen atoms in total. The third kappa shape index (κ3) is 3.43. The fourth-order valence-corrected chi connectivity index (χ4v) is 3.67. The summed E-state index contributed by atoms with van der Waals surface area (Å²) >= 11 is 0. The van der Waals surface area contributed by atoms with E-state index >= 15 is 0 Å².